The lowest BCUT2D eigenvalue weighted by molar-refractivity contribution is 0.506. The minimum atomic E-state index is 0.176. The van der Waals surface area contributed by atoms with Gasteiger partial charge < -0.3 is 0 Å². The molecule has 2 aromatic carbocycles. The fraction of sp³-hybridized carbons (Fsp3) is 0.368. The minimum absolute atomic E-state index is 0.176. The van der Waals surface area contributed by atoms with Crippen molar-refractivity contribution in [1.82, 2.24) is 0 Å². The van der Waals surface area contributed by atoms with Crippen LogP contribution in [0.15, 0.2) is 42.5 Å². The van der Waals surface area contributed by atoms with Crippen molar-refractivity contribution in [3.8, 4) is 0 Å². The van der Waals surface area contributed by atoms with Gasteiger partial charge in [-0.05, 0) is 47.1 Å². The molecule has 2 aromatic rings. The van der Waals surface area contributed by atoms with Gasteiger partial charge >= 0.3 is 0 Å². The van der Waals surface area contributed by atoms with E-state index in [-0.39, 0.29) is 10.2 Å². The Kier molecular flexibility index (Phi) is 5.16. The predicted octanol–water partition coefficient (Wildman–Crippen LogP) is 6.82. The fourth-order valence-electron chi connectivity index (χ4n) is 2.39. The van der Waals surface area contributed by atoms with E-state index in [2.05, 4.69) is 74.0 Å². The lowest BCUT2D eigenvalue weighted by Crippen LogP contribution is -2.15. The zero-order valence-corrected chi connectivity index (χ0v) is 15.4. The zero-order valence-electron chi connectivity index (χ0n) is 13.1. The highest BCUT2D eigenvalue weighted by molar-refractivity contribution is 9.09. The topological polar surface area (TPSA) is 0 Å². The summed E-state index contributed by atoms with van der Waals surface area (Å²) in [5.74, 6) is 0. The van der Waals surface area contributed by atoms with Crippen LogP contribution < -0.4 is 0 Å². The van der Waals surface area contributed by atoms with Gasteiger partial charge in [-0.25, -0.2) is 0 Å². The summed E-state index contributed by atoms with van der Waals surface area (Å²) in [6.45, 7) is 8.88. The second kappa shape index (κ2) is 6.54. The molecule has 0 saturated heterocycles. The summed E-state index contributed by atoms with van der Waals surface area (Å²) >= 11 is 10.0. The van der Waals surface area contributed by atoms with Gasteiger partial charge in [0.05, 0.1) is 4.83 Å². The van der Waals surface area contributed by atoms with Crippen molar-refractivity contribution < 1.29 is 0 Å². The maximum atomic E-state index is 6.23. The number of hydrogen-bond donors (Lipinski definition) is 0. The van der Waals surface area contributed by atoms with E-state index in [0.717, 1.165) is 17.0 Å². The van der Waals surface area contributed by atoms with Crippen molar-refractivity contribution in [2.75, 3.05) is 0 Å². The van der Waals surface area contributed by atoms with Gasteiger partial charge in [-0.15, -0.1) is 0 Å². The van der Waals surface area contributed by atoms with Crippen molar-refractivity contribution in [2.24, 2.45) is 0 Å². The smallest absolute Gasteiger partial charge is 0.0647 e. The van der Waals surface area contributed by atoms with Crippen LogP contribution in [0.3, 0.4) is 0 Å². The van der Waals surface area contributed by atoms with Crippen molar-refractivity contribution >= 4 is 27.5 Å². The molecule has 0 saturated carbocycles. The molecule has 1 atom stereocenters. The molecule has 0 nitrogen and oxygen atoms in total. The molecule has 0 amide bonds. The maximum Gasteiger partial charge on any atom is 0.0647 e. The van der Waals surface area contributed by atoms with Gasteiger partial charge in [0.15, 0.2) is 0 Å². The first-order valence-corrected chi connectivity index (χ1v) is 8.65. The third kappa shape index (κ3) is 3.52. The van der Waals surface area contributed by atoms with Crippen molar-refractivity contribution in [3.63, 3.8) is 0 Å². The first-order chi connectivity index (χ1) is 9.86. The van der Waals surface area contributed by atoms with Gasteiger partial charge in [-0.3, -0.25) is 0 Å². The van der Waals surface area contributed by atoms with Crippen LogP contribution in [0, 0.1) is 6.92 Å². The number of rotatable bonds is 4. The second-order valence-electron chi connectivity index (χ2n) is 6.18. The van der Waals surface area contributed by atoms with Crippen LogP contribution in [0.4, 0.5) is 0 Å². The predicted molar refractivity (Wildman–Crippen MR) is 96.7 cm³/mol. The Morgan fingerprint density at radius 2 is 1.71 bits per heavy atom. The van der Waals surface area contributed by atoms with E-state index in [1.165, 1.54) is 16.7 Å². The lowest BCUT2D eigenvalue weighted by Gasteiger charge is -2.24. The summed E-state index contributed by atoms with van der Waals surface area (Å²) in [6, 6.07) is 15.0. The Balaban J connectivity index is 2.32. The molecule has 0 heterocycles. The SMILES string of the molecule is CCC(C)(C)c1ccc(C(Br)c2cccc(Cl)c2C)cc1. The van der Waals surface area contributed by atoms with Crippen LogP contribution >= 0.6 is 27.5 Å². The number of halogens is 2. The molecule has 0 aliphatic carbocycles. The average Bonchev–Trinajstić information content (AvgIpc) is 2.49. The third-order valence-corrected chi connectivity index (χ3v) is 5.88. The lowest BCUT2D eigenvalue weighted by atomic mass is 9.82. The monoisotopic (exact) mass is 364 g/mol. The third-order valence-electron chi connectivity index (χ3n) is 4.45. The van der Waals surface area contributed by atoms with E-state index in [1.54, 1.807) is 0 Å². The Hall–Kier alpha value is -0.790. The molecule has 0 radical (unpaired) electrons. The van der Waals surface area contributed by atoms with Gasteiger partial charge in [0, 0.05) is 5.02 Å². The van der Waals surface area contributed by atoms with Gasteiger partial charge in [-0.2, -0.15) is 0 Å². The largest absolute Gasteiger partial charge is 0.0840 e. The van der Waals surface area contributed by atoms with Crippen molar-refractivity contribution in [3.05, 3.63) is 69.7 Å². The first-order valence-electron chi connectivity index (χ1n) is 7.36. The molecule has 112 valence electrons. The highest BCUT2D eigenvalue weighted by Crippen LogP contribution is 2.36. The fourth-order valence-corrected chi connectivity index (χ4v) is 3.37. The Labute approximate surface area is 141 Å². The van der Waals surface area contributed by atoms with Crippen LogP contribution in [0.1, 0.15) is 54.3 Å². The summed E-state index contributed by atoms with van der Waals surface area (Å²) in [4.78, 5) is 0.176. The van der Waals surface area contributed by atoms with Crippen LogP contribution in [0.5, 0.6) is 0 Å². The van der Waals surface area contributed by atoms with Crippen LogP contribution in [0.2, 0.25) is 5.02 Å². The minimum Gasteiger partial charge on any atom is -0.0840 e. The maximum absolute atomic E-state index is 6.23. The molecule has 0 aliphatic heterocycles. The summed E-state index contributed by atoms with van der Waals surface area (Å²) in [5, 5.41) is 0.820. The first kappa shape index (κ1) is 16.6. The van der Waals surface area contributed by atoms with Gasteiger partial charge in [0.1, 0.15) is 0 Å². The van der Waals surface area contributed by atoms with Gasteiger partial charge in [0.2, 0.25) is 0 Å². The molecule has 0 aromatic heterocycles. The molecule has 1 unspecified atom stereocenters. The zero-order chi connectivity index (χ0) is 15.6. The Bertz CT molecular complexity index is 614. The van der Waals surface area contributed by atoms with E-state index >= 15 is 0 Å². The molecule has 0 spiro atoms. The second-order valence-corrected chi connectivity index (χ2v) is 7.50. The molecular weight excluding hydrogens is 344 g/mol. The van der Waals surface area contributed by atoms with Crippen molar-refractivity contribution in [1.29, 1.82) is 0 Å². The van der Waals surface area contributed by atoms with Crippen LogP contribution in [-0.4, -0.2) is 0 Å². The highest BCUT2D eigenvalue weighted by atomic mass is 79.9. The highest BCUT2D eigenvalue weighted by Gasteiger charge is 2.19. The molecule has 0 fully saturated rings. The average molecular weight is 366 g/mol. The summed E-state index contributed by atoms with van der Waals surface area (Å²) in [6.07, 6.45) is 1.14. The van der Waals surface area contributed by atoms with Crippen LogP contribution in [-0.2, 0) is 5.41 Å². The summed E-state index contributed by atoms with van der Waals surface area (Å²) < 4.78 is 0. The molecule has 0 aliphatic rings. The van der Waals surface area contributed by atoms with E-state index in [4.69, 9.17) is 11.6 Å². The van der Waals surface area contributed by atoms with Crippen LogP contribution in [0.25, 0.3) is 0 Å². The quantitative estimate of drug-likeness (QED) is 0.521. The van der Waals surface area contributed by atoms with Gasteiger partial charge in [0.25, 0.3) is 0 Å². The molecule has 0 bridgehead atoms. The Morgan fingerprint density at radius 3 is 2.29 bits per heavy atom. The normalized spacial score (nSPS) is 13.2. The van der Waals surface area contributed by atoms with Gasteiger partial charge in [-0.1, -0.05) is 84.7 Å². The number of benzene rings is 2. The molecule has 2 rings (SSSR count). The molecule has 0 N–H and O–H groups in total. The van der Waals surface area contributed by atoms with E-state index in [9.17, 15) is 0 Å². The standard InChI is InChI=1S/C19H22BrCl/c1-5-19(3,4)15-11-9-14(10-12-15)18(20)16-7-6-8-17(21)13(16)2/h6-12,18H,5H2,1-4H3. The van der Waals surface area contributed by atoms with E-state index in [1.807, 2.05) is 12.1 Å². The Morgan fingerprint density at radius 1 is 1.10 bits per heavy atom. The summed E-state index contributed by atoms with van der Waals surface area (Å²) in [7, 11) is 0. The van der Waals surface area contributed by atoms with Crippen molar-refractivity contribution in [2.45, 2.75) is 44.4 Å². The summed E-state index contributed by atoms with van der Waals surface area (Å²) in [5.41, 5.74) is 5.24. The number of alkyl halides is 1. The molecule has 21 heavy (non-hydrogen) atoms. The van der Waals surface area contributed by atoms with E-state index < -0.39 is 0 Å². The van der Waals surface area contributed by atoms with E-state index in [0.29, 0.717) is 0 Å². The number of hydrogen-bond acceptors (Lipinski definition) is 0. The molecule has 2 heteroatoms. The molecular formula is C19H22BrCl.